The molecule has 0 bridgehead atoms. The maximum atomic E-state index is 11.8. The fourth-order valence-corrected chi connectivity index (χ4v) is 2.78. The highest BCUT2D eigenvalue weighted by Gasteiger charge is 2.24. The highest BCUT2D eigenvalue weighted by atomic mass is 32.2. The number of fused-ring (bicyclic) bond motifs is 1. The molecule has 0 saturated heterocycles. The Labute approximate surface area is 82.5 Å². The molecule has 1 atom stereocenters. The van der Waals surface area contributed by atoms with Crippen molar-refractivity contribution >= 4 is 17.5 Å². The lowest BCUT2D eigenvalue weighted by Gasteiger charge is -2.20. The van der Waals surface area contributed by atoms with Crippen molar-refractivity contribution in [3.05, 3.63) is 29.3 Å². The summed E-state index contributed by atoms with van der Waals surface area (Å²) in [5, 5.41) is 0. The van der Waals surface area contributed by atoms with Crippen LogP contribution in [0.4, 0.5) is 0 Å². The molecule has 0 radical (unpaired) electrons. The van der Waals surface area contributed by atoms with E-state index >= 15 is 0 Å². The van der Waals surface area contributed by atoms with Gasteiger partial charge in [0.2, 0.25) is 0 Å². The fourth-order valence-electron chi connectivity index (χ4n) is 1.59. The molecule has 1 aliphatic rings. The van der Waals surface area contributed by atoms with Gasteiger partial charge in [0.1, 0.15) is 0 Å². The molecule has 2 rings (SSSR count). The van der Waals surface area contributed by atoms with Crippen LogP contribution in [-0.2, 0) is 0 Å². The third-order valence-corrected chi connectivity index (χ3v) is 3.90. The van der Waals surface area contributed by atoms with Crippen LogP contribution < -0.4 is 0 Å². The molecule has 0 N–H and O–H groups in total. The summed E-state index contributed by atoms with van der Waals surface area (Å²) in [6, 6.07) is 5.97. The van der Waals surface area contributed by atoms with E-state index in [0.717, 1.165) is 11.3 Å². The first-order valence-electron chi connectivity index (χ1n) is 4.47. The molecule has 0 aromatic heterocycles. The summed E-state index contributed by atoms with van der Waals surface area (Å²) in [5.74, 6) is 1.41. The molecule has 1 aliphatic heterocycles. The number of hydrogen-bond donors (Lipinski definition) is 0. The summed E-state index contributed by atoms with van der Waals surface area (Å²) >= 11 is 1.81. The Kier molecular flexibility index (Phi) is 2.16. The summed E-state index contributed by atoms with van der Waals surface area (Å²) < 4.78 is 0. The van der Waals surface area contributed by atoms with E-state index in [4.69, 9.17) is 0 Å². The first-order valence-corrected chi connectivity index (χ1v) is 5.45. The number of carbonyl (C=O) groups is 1. The number of thioether (sulfide) groups is 1. The van der Waals surface area contributed by atoms with Crippen molar-refractivity contribution in [2.24, 2.45) is 5.92 Å². The molecule has 2 heteroatoms. The molecule has 0 fully saturated rings. The van der Waals surface area contributed by atoms with E-state index in [2.05, 4.69) is 13.0 Å². The number of Topliss-reactive ketones (excluding diaryl/α,β-unsaturated/α-hetero) is 1. The topological polar surface area (TPSA) is 17.1 Å². The summed E-state index contributed by atoms with van der Waals surface area (Å²) in [5.41, 5.74) is 2.14. The van der Waals surface area contributed by atoms with Crippen LogP contribution in [0.1, 0.15) is 22.8 Å². The monoisotopic (exact) mass is 192 g/mol. The van der Waals surface area contributed by atoms with Crippen LogP contribution >= 0.6 is 11.8 Å². The first kappa shape index (κ1) is 8.82. The van der Waals surface area contributed by atoms with Gasteiger partial charge in [-0.05, 0) is 12.5 Å². The Morgan fingerprint density at radius 3 is 3.00 bits per heavy atom. The van der Waals surface area contributed by atoms with Crippen molar-refractivity contribution in [2.75, 3.05) is 5.75 Å². The molecule has 0 spiro atoms. The number of aryl methyl sites for hydroxylation is 1. The highest BCUT2D eigenvalue weighted by Crippen LogP contribution is 2.34. The van der Waals surface area contributed by atoms with Crippen LogP contribution in [0.5, 0.6) is 0 Å². The predicted octanol–water partition coefficient (Wildman–Crippen LogP) is 2.92. The first-order chi connectivity index (χ1) is 6.20. The van der Waals surface area contributed by atoms with Gasteiger partial charge in [-0.3, -0.25) is 4.79 Å². The van der Waals surface area contributed by atoms with Gasteiger partial charge >= 0.3 is 0 Å². The Morgan fingerprint density at radius 2 is 2.23 bits per heavy atom. The minimum Gasteiger partial charge on any atom is -0.294 e. The number of hydrogen-bond acceptors (Lipinski definition) is 2. The summed E-state index contributed by atoms with van der Waals surface area (Å²) in [4.78, 5) is 12.9. The van der Waals surface area contributed by atoms with E-state index in [1.165, 1.54) is 10.5 Å². The van der Waals surface area contributed by atoms with Gasteiger partial charge in [-0.25, -0.2) is 0 Å². The molecule has 0 saturated carbocycles. The second kappa shape index (κ2) is 3.18. The molecular formula is C11H12OS. The Hall–Kier alpha value is -0.760. The van der Waals surface area contributed by atoms with Gasteiger partial charge in [-0.15, -0.1) is 11.8 Å². The Morgan fingerprint density at radius 1 is 1.46 bits per heavy atom. The minimum absolute atomic E-state index is 0.180. The van der Waals surface area contributed by atoms with E-state index < -0.39 is 0 Å². The van der Waals surface area contributed by atoms with Crippen molar-refractivity contribution < 1.29 is 4.79 Å². The van der Waals surface area contributed by atoms with Crippen LogP contribution in [-0.4, -0.2) is 11.5 Å². The lowest BCUT2D eigenvalue weighted by atomic mass is 9.99. The largest absolute Gasteiger partial charge is 0.294 e. The molecule has 1 aromatic carbocycles. The van der Waals surface area contributed by atoms with Crippen LogP contribution in [0, 0.1) is 12.8 Å². The van der Waals surface area contributed by atoms with Gasteiger partial charge in [0.25, 0.3) is 0 Å². The van der Waals surface area contributed by atoms with Gasteiger partial charge in [-0.2, -0.15) is 0 Å². The van der Waals surface area contributed by atoms with E-state index in [1.54, 1.807) is 11.8 Å². The Balaban J connectivity index is 2.55. The van der Waals surface area contributed by atoms with Crippen LogP contribution in [0.25, 0.3) is 0 Å². The molecule has 13 heavy (non-hydrogen) atoms. The van der Waals surface area contributed by atoms with Gasteiger partial charge < -0.3 is 0 Å². The Bertz CT molecular complexity index is 357. The number of benzene rings is 1. The summed E-state index contributed by atoms with van der Waals surface area (Å²) in [7, 11) is 0. The quantitative estimate of drug-likeness (QED) is 0.628. The van der Waals surface area contributed by atoms with E-state index in [1.807, 2.05) is 19.1 Å². The maximum Gasteiger partial charge on any atom is 0.167 e. The molecule has 0 aliphatic carbocycles. The van der Waals surface area contributed by atoms with Crippen molar-refractivity contribution in [1.82, 2.24) is 0 Å². The zero-order valence-electron chi connectivity index (χ0n) is 7.83. The van der Waals surface area contributed by atoms with Crippen LogP contribution in [0.3, 0.4) is 0 Å². The van der Waals surface area contributed by atoms with E-state index in [-0.39, 0.29) is 5.92 Å². The summed E-state index contributed by atoms with van der Waals surface area (Å²) in [6.07, 6.45) is 0. The lowest BCUT2D eigenvalue weighted by Crippen LogP contribution is -2.19. The second-order valence-electron chi connectivity index (χ2n) is 3.53. The predicted molar refractivity (Wildman–Crippen MR) is 55.4 cm³/mol. The average molecular weight is 192 g/mol. The van der Waals surface area contributed by atoms with Gasteiger partial charge in [0.05, 0.1) is 0 Å². The van der Waals surface area contributed by atoms with Crippen molar-refractivity contribution in [3.63, 3.8) is 0 Å². The third kappa shape index (κ3) is 1.39. The van der Waals surface area contributed by atoms with Crippen LogP contribution in [0.15, 0.2) is 23.1 Å². The fraction of sp³-hybridized carbons (Fsp3) is 0.364. The van der Waals surface area contributed by atoms with Gasteiger partial charge in [-0.1, -0.05) is 25.1 Å². The van der Waals surface area contributed by atoms with E-state index in [0.29, 0.717) is 5.78 Å². The third-order valence-electron chi connectivity index (χ3n) is 2.40. The number of carbonyl (C=O) groups excluding carboxylic acids is 1. The zero-order valence-corrected chi connectivity index (χ0v) is 8.65. The smallest absolute Gasteiger partial charge is 0.167 e. The minimum atomic E-state index is 0.180. The molecule has 68 valence electrons. The maximum absolute atomic E-state index is 11.8. The van der Waals surface area contributed by atoms with Gasteiger partial charge in [0.15, 0.2) is 5.78 Å². The standard InChI is InChI=1S/C11H12OS/c1-7-4-3-5-9-10(12)8(2)6-13-11(7)9/h3-5,8H,6H2,1-2H3. The zero-order chi connectivity index (χ0) is 9.42. The molecule has 0 amide bonds. The van der Waals surface area contributed by atoms with E-state index in [9.17, 15) is 4.79 Å². The SMILES string of the molecule is Cc1cccc2c1SCC(C)C2=O. The van der Waals surface area contributed by atoms with Crippen molar-refractivity contribution in [2.45, 2.75) is 18.7 Å². The molecular weight excluding hydrogens is 180 g/mol. The summed E-state index contributed by atoms with van der Waals surface area (Å²) in [6.45, 7) is 4.07. The number of ketones is 1. The lowest BCUT2D eigenvalue weighted by molar-refractivity contribution is 0.0936. The second-order valence-corrected chi connectivity index (χ2v) is 4.56. The highest BCUT2D eigenvalue weighted by molar-refractivity contribution is 7.99. The van der Waals surface area contributed by atoms with Gasteiger partial charge in [0, 0.05) is 22.1 Å². The normalized spacial score (nSPS) is 21.4. The molecule has 1 unspecified atom stereocenters. The van der Waals surface area contributed by atoms with Crippen molar-refractivity contribution in [1.29, 1.82) is 0 Å². The average Bonchev–Trinajstić information content (AvgIpc) is 2.12. The molecule has 1 heterocycles. The number of rotatable bonds is 0. The molecule has 1 aromatic rings. The van der Waals surface area contributed by atoms with Crippen LogP contribution in [0.2, 0.25) is 0 Å². The molecule has 1 nitrogen and oxygen atoms in total. The van der Waals surface area contributed by atoms with Crippen molar-refractivity contribution in [3.8, 4) is 0 Å².